The second-order valence-corrected chi connectivity index (χ2v) is 14.9. The lowest BCUT2D eigenvalue weighted by atomic mass is 10.0. The minimum absolute atomic E-state index is 0.0668. The normalized spacial score (nSPS) is 20.2. The average molecular weight is 700 g/mol. The van der Waals surface area contributed by atoms with Crippen molar-refractivity contribution in [3.05, 3.63) is 65.0 Å². The Labute approximate surface area is 289 Å². The predicted molar refractivity (Wildman–Crippen MR) is 186 cm³/mol. The van der Waals surface area contributed by atoms with Crippen LogP contribution < -0.4 is 15.4 Å². The number of aliphatic hydroxyl groups excluding tert-OH is 1. The molecule has 13 nitrogen and oxygen atoms in total. The van der Waals surface area contributed by atoms with Gasteiger partial charge in [-0.3, -0.25) is 4.79 Å². The number of anilines is 2. The van der Waals surface area contributed by atoms with Crippen molar-refractivity contribution in [2.75, 3.05) is 44.0 Å². The highest BCUT2D eigenvalue weighted by Gasteiger charge is 2.32. The van der Waals surface area contributed by atoms with Gasteiger partial charge in [-0.1, -0.05) is 29.8 Å². The number of fused-ring (bicyclic) bond motifs is 1. The highest BCUT2D eigenvalue weighted by molar-refractivity contribution is 7.89. The number of aryl methyl sites for hydroxylation is 3. The summed E-state index contributed by atoms with van der Waals surface area (Å²) in [6.07, 6.45) is 1.42. The first-order valence-electron chi connectivity index (χ1n) is 16.6. The zero-order valence-electron chi connectivity index (χ0n) is 29.4. The van der Waals surface area contributed by atoms with Crippen LogP contribution in [0.5, 0.6) is 5.75 Å². The minimum atomic E-state index is -3.80. The summed E-state index contributed by atoms with van der Waals surface area (Å²) in [6.45, 7) is 11.2. The van der Waals surface area contributed by atoms with Crippen LogP contribution in [0.25, 0.3) is 0 Å². The number of aliphatic hydroxyl groups is 1. The van der Waals surface area contributed by atoms with Crippen molar-refractivity contribution in [1.29, 1.82) is 0 Å². The molecule has 0 bridgehead atoms. The summed E-state index contributed by atoms with van der Waals surface area (Å²) in [5.74, 6) is 0.0629. The van der Waals surface area contributed by atoms with E-state index in [0.717, 1.165) is 18.4 Å². The fourth-order valence-corrected chi connectivity index (χ4v) is 6.83. The number of amides is 3. The summed E-state index contributed by atoms with van der Waals surface area (Å²) < 4.78 is 46.0. The predicted octanol–water partition coefficient (Wildman–Crippen LogP) is 5.36. The molecule has 0 unspecified atom stereocenters. The third-order valence-corrected chi connectivity index (χ3v) is 10.6. The highest BCUT2D eigenvalue weighted by atomic mass is 32.2. The Morgan fingerprint density at radius 1 is 1.10 bits per heavy atom. The molecule has 0 fully saturated rings. The van der Waals surface area contributed by atoms with Gasteiger partial charge in [0.05, 0.1) is 35.3 Å². The number of urea groups is 1. The van der Waals surface area contributed by atoms with Crippen LogP contribution >= 0.6 is 0 Å². The Balaban J connectivity index is 1.63. The van der Waals surface area contributed by atoms with Gasteiger partial charge in [0.1, 0.15) is 17.1 Å². The minimum Gasteiger partial charge on any atom is -0.490 e. The molecule has 1 aliphatic heterocycles. The number of benzene rings is 2. The van der Waals surface area contributed by atoms with Crippen molar-refractivity contribution in [3.8, 4) is 5.75 Å². The van der Waals surface area contributed by atoms with Crippen LogP contribution in [0, 0.1) is 26.7 Å². The second kappa shape index (κ2) is 16.6. The number of carbonyl (C=O) groups excluding carboxylic acids is 2. The van der Waals surface area contributed by atoms with Crippen molar-refractivity contribution < 1.29 is 37.1 Å². The molecule has 1 aromatic heterocycles. The number of aromatic nitrogens is 1. The largest absolute Gasteiger partial charge is 0.490 e. The number of hydrogen-bond acceptors (Lipinski definition) is 9. The molecule has 0 radical (unpaired) electrons. The molecule has 3 amide bonds. The number of nitrogens with zero attached hydrogens (tertiary/aromatic N) is 3. The summed E-state index contributed by atoms with van der Waals surface area (Å²) in [5.41, 5.74) is 2.50. The van der Waals surface area contributed by atoms with E-state index in [0.29, 0.717) is 41.6 Å². The maximum atomic E-state index is 14.4. The third kappa shape index (κ3) is 9.59. The molecule has 268 valence electrons. The van der Waals surface area contributed by atoms with Gasteiger partial charge in [0.2, 0.25) is 10.0 Å². The van der Waals surface area contributed by atoms with Gasteiger partial charge in [0.15, 0.2) is 5.76 Å². The van der Waals surface area contributed by atoms with Crippen LogP contribution in [0.1, 0.15) is 67.4 Å². The monoisotopic (exact) mass is 699 g/mol. The molecule has 3 aromatic rings. The van der Waals surface area contributed by atoms with Crippen LogP contribution in [0.3, 0.4) is 0 Å². The quantitative estimate of drug-likeness (QED) is 0.281. The third-order valence-electron chi connectivity index (χ3n) is 8.75. The van der Waals surface area contributed by atoms with E-state index in [1.54, 1.807) is 68.1 Å². The first kappa shape index (κ1) is 37.8. The van der Waals surface area contributed by atoms with E-state index in [1.807, 2.05) is 20.8 Å². The lowest BCUT2D eigenvalue weighted by Crippen LogP contribution is -2.48. The molecule has 0 aliphatic carbocycles. The maximum Gasteiger partial charge on any atom is 0.323 e. The Kier molecular flexibility index (Phi) is 12.8. The lowest BCUT2D eigenvalue weighted by molar-refractivity contribution is -0.00833. The van der Waals surface area contributed by atoms with Gasteiger partial charge in [0, 0.05) is 38.3 Å². The van der Waals surface area contributed by atoms with Gasteiger partial charge in [-0.2, -0.15) is 4.31 Å². The van der Waals surface area contributed by atoms with Gasteiger partial charge in [-0.15, -0.1) is 0 Å². The SMILES string of the molecule is Cc1ccc(S(=O)(=O)N(C)C[C@H]2OCCCC[C@H](C)Oc3ccc(NC(=O)Nc4c(C)noc4C)cc3C(=O)N([C@@H](C)CO)C[C@@H]2C)cc1. The smallest absolute Gasteiger partial charge is 0.323 e. The number of hydrogen-bond donors (Lipinski definition) is 3. The summed E-state index contributed by atoms with van der Waals surface area (Å²) in [7, 11) is -2.27. The molecule has 0 saturated heterocycles. The van der Waals surface area contributed by atoms with Crippen molar-refractivity contribution >= 4 is 33.3 Å². The molecule has 3 N–H and O–H groups in total. The topological polar surface area (TPSA) is 164 Å². The number of sulfonamides is 1. The number of nitrogens with one attached hydrogen (secondary N) is 2. The Bertz CT molecular complexity index is 1670. The molecule has 4 atom stereocenters. The van der Waals surface area contributed by atoms with Crippen LogP contribution in [-0.4, -0.2) is 91.4 Å². The van der Waals surface area contributed by atoms with E-state index >= 15 is 0 Å². The molecule has 4 rings (SSSR count). The van der Waals surface area contributed by atoms with Gasteiger partial charge < -0.3 is 34.6 Å². The fourth-order valence-electron chi connectivity index (χ4n) is 5.64. The molecular formula is C35H49N5O8S. The van der Waals surface area contributed by atoms with Crippen molar-refractivity contribution in [3.63, 3.8) is 0 Å². The first-order chi connectivity index (χ1) is 23.2. The van der Waals surface area contributed by atoms with E-state index < -0.39 is 34.1 Å². The van der Waals surface area contributed by atoms with E-state index in [9.17, 15) is 23.1 Å². The molecule has 49 heavy (non-hydrogen) atoms. The molecule has 0 saturated carbocycles. The number of carbonyl (C=O) groups is 2. The summed E-state index contributed by atoms with van der Waals surface area (Å²) in [4.78, 5) is 29.0. The molecule has 14 heteroatoms. The van der Waals surface area contributed by atoms with Crippen molar-refractivity contribution in [1.82, 2.24) is 14.4 Å². The van der Waals surface area contributed by atoms with Crippen LogP contribution in [0.15, 0.2) is 51.9 Å². The van der Waals surface area contributed by atoms with Gasteiger partial charge in [-0.25, -0.2) is 13.2 Å². The highest BCUT2D eigenvalue weighted by Crippen LogP contribution is 2.29. The average Bonchev–Trinajstić information content (AvgIpc) is 3.38. The van der Waals surface area contributed by atoms with Crippen molar-refractivity contribution in [2.45, 2.75) is 84.0 Å². The maximum absolute atomic E-state index is 14.4. The van der Waals surface area contributed by atoms with Crippen molar-refractivity contribution in [2.24, 2.45) is 5.92 Å². The fraction of sp³-hybridized carbons (Fsp3) is 0.514. The number of likely N-dealkylation sites (N-methyl/N-ethyl adjacent to an activating group) is 1. The van der Waals surface area contributed by atoms with E-state index in [4.69, 9.17) is 14.0 Å². The summed E-state index contributed by atoms with van der Waals surface area (Å²) >= 11 is 0. The lowest BCUT2D eigenvalue weighted by Gasteiger charge is -2.35. The van der Waals surface area contributed by atoms with E-state index in [1.165, 1.54) is 11.4 Å². The van der Waals surface area contributed by atoms with Crippen LogP contribution in [0.4, 0.5) is 16.2 Å². The van der Waals surface area contributed by atoms with Crippen LogP contribution in [0.2, 0.25) is 0 Å². The van der Waals surface area contributed by atoms with E-state index in [-0.39, 0.29) is 42.2 Å². The Morgan fingerprint density at radius 2 is 1.82 bits per heavy atom. The Hall–Kier alpha value is -3.98. The zero-order chi connectivity index (χ0) is 35.9. The molecule has 2 aromatic carbocycles. The summed E-state index contributed by atoms with van der Waals surface area (Å²) in [5, 5.41) is 19.6. The number of rotatable bonds is 8. The first-order valence-corrected chi connectivity index (χ1v) is 18.0. The summed E-state index contributed by atoms with van der Waals surface area (Å²) in [6, 6.07) is 10.4. The zero-order valence-corrected chi connectivity index (χ0v) is 30.2. The number of ether oxygens (including phenoxy) is 2. The van der Waals surface area contributed by atoms with E-state index in [2.05, 4.69) is 15.8 Å². The molecular weight excluding hydrogens is 650 g/mol. The second-order valence-electron chi connectivity index (χ2n) is 12.9. The van der Waals surface area contributed by atoms with Gasteiger partial charge in [0.25, 0.3) is 5.91 Å². The Morgan fingerprint density at radius 3 is 2.47 bits per heavy atom. The van der Waals surface area contributed by atoms with Gasteiger partial charge in [-0.05, 0) is 84.2 Å². The molecule has 0 spiro atoms. The standard InChI is InChI=1S/C35H49N5O8S/c1-22-11-14-29(15-12-22)49(44,45)39(7)20-32-23(2)19-40(24(3)21-41)34(42)30-18-28(36-35(43)37-33-26(5)38-48-27(33)6)13-16-31(30)47-25(4)10-8-9-17-46-32/h11-16,18,23-25,32,41H,8-10,17,19-21H2,1-7H3,(H2,36,37,43)/t23-,24-,25-,32+/m0/s1. The molecule has 1 aliphatic rings. The molecule has 2 heterocycles. The van der Waals surface area contributed by atoms with Gasteiger partial charge >= 0.3 is 6.03 Å². The van der Waals surface area contributed by atoms with Crippen LogP contribution in [-0.2, 0) is 14.8 Å².